The van der Waals surface area contributed by atoms with Gasteiger partial charge in [-0.1, -0.05) is 13.3 Å². The zero-order valence-corrected chi connectivity index (χ0v) is 15.3. The number of carboxylic acid groups (broad SMARTS) is 1. The van der Waals surface area contributed by atoms with Crippen LogP contribution in [0.4, 0.5) is 0 Å². The maximum absolute atomic E-state index is 12.7. The van der Waals surface area contributed by atoms with Gasteiger partial charge in [-0.2, -0.15) is 4.31 Å². The molecule has 0 aliphatic carbocycles. The van der Waals surface area contributed by atoms with Gasteiger partial charge in [0, 0.05) is 24.7 Å². The number of carbonyl (C=O) groups excluding carboxylic acids is 1. The summed E-state index contributed by atoms with van der Waals surface area (Å²) in [6.07, 6.45) is 2.73. The summed E-state index contributed by atoms with van der Waals surface area (Å²) in [5.74, 6) is -2.11. The van der Waals surface area contributed by atoms with Gasteiger partial charge in [-0.05, 0) is 44.0 Å². The van der Waals surface area contributed by atoms with Crippen LogP contribution in [0, 0.1) is 5.92 Å². The molecule has 2 N–H and O–H groups in total. The van der Waals surface area contributed by atoms with Gasteiger partial charge < -0.3 is 10.4 Å². The van der Waals surface area contributed by atoms with Gasteiger partial charge in [-0.3, -0.25) is 9.59 Å². The summed E-state index contributed by atoms with van der Waals surface area (Å²) >= 11 is 0. The standard InChI is InChI=1S/C17H24N2O5S/c1-12(17(21)22)11-18-16(20)14-6-8-15(9-7-14)25(23,24)19-10-4-3-5-13(19)2/h6-9,12-13H,3-5,10-11H2,1-2H3,(H,18,20)(H,21,22). The number of nitrogens with zero attached hydrogens (tertiary/aromatic N) is 1. The number of carboxylic acids is 1. The molecule has 2 unspecified atom stereocenters. The third-order valence-electron chi connectivity index (χ3n) is 4.46. The summed E-state index contributed by atoms with van der Waals surface area (Å²) < 4.78 is 27.0. The van der Waals surface area contributed by atoms with E-state index in [-0.39, 0.29) is 17.5 Å². The Hall–Kier alpha value is -1.93. The van der Waals surface area contributed by atoms with Crippen LogP contribution in [-0.4, -0.2) is 48.8 Å². The number of nitrogens with one attached hydrogen (secondary N) is 1. The van der Waals surface area contributed by atoms with Crippen molar-refractivity contribution in [2.45, 2.75) is 44.0 Å². The van der Waals surface area contributed by atoms with Crippen LogP contribution in [0.25, 0.3) is 0 Å². The van der Waals surface area contributed by atoms with Crippen molar-refractivity contribution in [3.05, 3.63) is 29.8 Å². The van der Waals surface area contributed by atoms with Crippen molar-refractivity contribution < 1.29 is 23.1 Å². The second kappa shape index (κ2) is 7.97. The maximum atomic E-state index is 12.7. The zero-order valence-electron chi connectivity index (χ0n) is 14.4. The van der Waals surface area contributed by atoms with Gasteiger partial charge in [0.15, 0.2) is 0 Å². The Balaban J connectivity index is 2.08. The van der Waals surface area contributed by atoms with Crippen LogP contribution in [0.1, 0.15) is 43.5 Å². The van der Waals surface area contributed by atoms with Crippen molar-refractivity contribution in [2.24, 2.45) is 5.92 Å². The van der Waals surface area contributed by atoms with E-state index in [2.05, 4.69) is 5.32 Å². The van der Waals surface area contributed by atoms with Gasteiger partial charge in [0.05, 0.1) is 10.8 Å². The van der Waals surface area contributed by atoms with E-state index in [4.69, 9.17) is 5.11 Å². The molecular weight excluding hydrogens is 344 g/mol. The number of carbonyl (C=O) groups is 2. The first-order chi connectivity index (χ1) is 11.7. The van der Waals surface area contributed by atoms with Gasteiger partial charge in [0.25, 0.3) is 5.91 Å². The number of amides is 1. The Morgan fingerprint density at radius 1 is 1.28 bits per heavy atom. The van der Waals surface area contributed by atoms with Crippen LogP contribution in [0.2, 0.25) is 0 Å². The predicted molar refractivity (Wildman–Crippen MR) is 92.8 cm³/mol. The molecule has 1 heterocycles. The number of hydrogen-bond donors (Lipinski definition) is 2. The van der Waals surface area contributed by atoms with Gasteiger partial charge in [-0.15, -0.1) is 0 Å². The first-order valence-electron chi connectivity index (χ1n) is 8.36. The molecule has 8 heteroatoms. The lowest BCUT2D eigenvalue weighted by atomic mass is 10.1. The monoisotopic (exact) mass is 368 g/mol. The molecule has 0 radical (unpaired) electrons. The highest BCUT2D eigenvalue weighted by Gasteiger charge is 2.30. The molecule has 1 fully saturated rings. The molecule has 2 rings (SSSR count). The fourth-order valence-electron chi connectivity index (χ4n) is 2.78. The molecular formula is C17H24N2O5S. The minimum atomic E-state index is -3.57. The molecule has 0 spiro atoms. The summed E-state index contributed by atoms with van der Waals surface area (Å²) in [7, 11) is -3.57. The third-order valence-corrected chi connectivity index (χ3v) is 6.48. The van der Waals surface area contributed by atoms with Crippen LogP contribution in [0.15, 0.2) is 29.2 Å². The zero-order chi connectivity index (χ0) is 18.6. The Bertz CT molecular complexity index is 730. The van der Waals surface area contributed by atoms with Gasteiger partial charge in [0.2, 0.25) is 10.0 Å². The summed E-state index contributed by atoms with van der Waals surface area (Å²) in [4.78, 5) is 22.9. The summed E-state index contributed by atoms with van der Waals surface area (Å²) in [6.45, 7) is 3.93. The lowest BCUT2D eigenvalue weighted by Crippen LogP contribution is -2.41. The molecule has 25 heavy (non-hydrogen) atoms. The predicted octanol–water partition coefficient (Wildman–Crippen LogP) is 1.70. The van der Waals surface area contributed by atoms with Crippen LogP contribution < -0.4 is 5.32 Å². The van der Waals surface area contributed by atoms with Crippen molar-refractivity contribution >= 4 is 21.9 Å². The van der Waals surface area contributed by atoms with Crippen LogP contribution >= 0.6 is 0 Å². The Labute approximate surface area is 148 Å². The number of piperidine rings is 1. The quantitative estimate of drug-likeness (QED) is 0.795. The Morgan fingerprint density at radius 2 is 1.92 bits per heavy atom. The molecule has 0 aromatic heterocycles. The van der Waals surface area contributed by atoms with Crippen LogP contribution in [0.3, 0.4) is 0 Å². The highest BCUT2D eigenvalue weighted by Crippen LogP contribution is 2.25. The third kappa shape index (κ3) is 4.58. The molecule has 138 valence electrons. The van der Waals surface area contributed by atoms with E-state index in [1.165, 1.54) is 35.5 Å². The number of aliphatic carboxylic acids is 1. The molecule has 0 saturated carbocycles. The van der Waals surface area contributed by atoms with E-state index in [0.29, 0.717) is 12.1 Å². The molecule has 1 aromatic rings. The second-order valence-corrected chi connectivity index (χ2v) is 8.32. The minimum Gasteiger partial charge on any atom is -0.481 e. The molecule has 1 aromatic carbocycles. The topological polar surface area (TPSA) is 104 Å². The number of sulfonamides is 1. The Kier molecular flexibility index (Phi) is 6.18. The van der Waals surface area contributed by atoms with Crippen molar-refractivity contribution in [2.75, 3.05) is 13.1 Å². The van der Waals surface area contributed by atoms with Crippen LogP contribution in [-0.2, 0) is 14.8 Å². The highest BCUT2D eigenvalue weighted by molar-refractivity contribution is 7.89. The van der Waals surface area contributed by atoms with Crippen molar-refractivity contribution in [1.29, 1.82) is 0 Å². The first-order valence-corrected chi connectivity index (χ1v) is 9.80. The molecule has 1 amide bonds. The van der Waals surface area contributed by atoms with Crippen molar-refractivity contribution in [1.82, 2.24) is 9.62 Å². The Morgan fingerprint density at radius 3 is 2.48 bits per heavy atom. The largest absolute Gasteiger partial charge is 0.481 e. The van der Waals surface area contributed by atoms with E-state index >= 15 is 0 Å². The molecule has 7 nitrogen and oxygen atoms in total. The van der Waals surface area contributed by atoms with Crippen molar-refractivity contribution in [3.8, 4) is 0 Å². The fraction of sp³-hybridized carbons (Fsp3) is 0.529. The van der Waals surface area contributed by atoms with E-state index < -0.39 is 27.8 Å². The molecule has 1 saturated heterocycles. The summed E-state index contributed by atoms with van der Waals surface area (Å²) in [5, 5.41) is 11.3. The normalized spacial score (nSPS) is 20.0. The van der Waals surface area contributed by atoms with Crippen LogP contribution in [0.5, 0.6) is 0 Å². The minimum absolute atomic E-state index is 0.0134. The maximum Gasteiger partial charge on any atom is 0.308 e. The molecule has 2 atom stereocenters. The molecule has 1 aliphatic heterocycles. The lowest BCUT2D eigenvalue weighted by Gasteiger charge is -2.32. The van der Waals surface area contributed by atoms with Gasteiger partial charge in [-0.25, -0.2) is 8.42 Å². The average Bonchev–Trinajstić information content (AvgIpc) is 2.59. The van der Waals surface area contributed by atoms with Crippen molar-refractivity contribution in [3.63, 3.8) is 0 Å². The number of benzene rings is 1. The molecule has 1 aliphatic rings. The number of rotatable bonds is 6. The summed E-state index contributed by atoms with van der Waals surface area (Å²) in [6, 6.07) is 5.71. The van der Waals surface area contributed by atoms with E-state index in [1.54, 1.807) is 0 Å². The fourth-order valence-corrected chi connectivity index (χ4v) is 4.48. The molecule has 0 bridgehead atoms. The lowest BCUT2D eigenvalue weighted by molar-refractivity contribution is -0.140. The van der Waals surface area contributed by atoms with E-state index in [9.17, 15) is 18.0 Å². The highest BCUT2D eigenvalue weighted by atomic mass is 32.2. The van der Waals surface area contributed by atoms with Gasteiger partial charge in [0.1, 0.15) is 0 Å². The SMILES string of the molecule is CC(CNC(=O)c1ccc(S(=O)(=O)N2CCCCC2C)cc1)C(=O)O. The number of hydrogen-bond acceptors (Lipinski definition) is 4. The second-order valence-electron chi connectivity index (χ2n) is 6.43. The average molecular weight is 368 g/mol. The smallest absolute Gasteiger partial charge is 0.308 e. The van der Waals surface area contributed by atoms with E-state index in [0.717, 1.165) is 19.3 Å². The van der Waals surface area contributed by atoms with Gasteiger partial charge >= 0.3 is 5.97 Å². The van der Waals surface area contributed by atoms with E-state index in [1.807, 2.05) is 6.92 Å². The summed E-state index contributed by atoms with van der Waals surface area (Å²) in [5.41, 5.74) is 0.295. The first kappa shape index (κ1) is 19.4.